The number of nitrogens with one attached hydrogen (secondary N) is 1. The van der Waals surface area contributed by atoms with E-state index in [9.17, 15) is 28.6 Å². The maximum absolute atomic E-state index is 13.9. The van der Waals surface area contributed by atoms with Crippen molar-refractivity contribution in [2.75, 3.05) is 20.2 Å². The Balaban J connectivity index is 1.59. The van der Waals surface area contributed by atoms with Gasteiger partial charge in [0.1, 0.15) is 23.4 Å². The van der Waals surface area contributed by atoms with E-state index in [1.54, 1.807) is 11.9 Å². The largest absolute Gasteiger partial charge is 0.507 e. The van der Waals surface area contributed by atoms with E-state index >= 15 is 0 Å². The van der Waals surface area contributed by atoms with E-state index < -0.39 is 40.9 Å². The number of hydrogen-bond acceptors (Lipinski definition) is 6. The van der Waals surface area contributed by atoms with Gasteiger partial charge in [0, 0.05) is 44.6 Å². The molecule has 1 atom stereocenters. The van der Waals surface area contributed by atoms with Crippen molar-refractivity contribution >= 4 is 11.8 Å². The molecule has 2 fully saturated rings. The fourth-order valence-electron chi connectivity index (χ4n) is 4.62. The molecular weight excluding hydrogens is 424 g/mol. The first-order chi connectivity index (χ1) is 15.2. The number of rotatable bonds is 5. The number of fused-ring (bicyclic) bond motifs is 2. The van der Waals surface area contributed by atoms with Crippen molar-refractivity contribution in [1.82, 2.24) is 15.1 Å². The molecule has 4 rings (SSSR count). The van der Waals surface area contributed by atoms with Crippen LogP contribution < -0.4 is 5.32 Å². The Morgan fingerprint density at radius 3 is 2.72 bits per heavy atom. The van der Waals surface area contributed by atoms with Gasteiger partial charge in [0.15, 0.2) is 5.76 Å². The number of hydrogen-bond donors (Lipinski definition) is 3. The summed E-state index contributed by atoms with van der Waals surface area (Å²) in [6.07, 6.45) is 0.816. The van der Waals surface area contributed by atoms with Crippen molar-refractivity contribution < 1.29 is 33.3 Å². The molecule has 0 aromatic heterocycles. The zero-order valence-corrected chi connectivity index (χ0v) is 17.8. The van der Waals surface area contributed by atoms with Crippen LogP contribution in [0.25, 0.3) is 0 Å². The maximum atomic E-state index is 13.9. The Bertz CT molecular complexity index is 1020. The molecule has 1 aliphatic carbocycles. The Kier molecular flexibility index (Phi) is 5.68. The Morgan fingerprint density at radius 1 is 1.34 bits per heavy atom. The molecule has 32 heavy (non-hydrogen) atoms. The number of amides is 2. The van der Waals surface area contributed by atoms with E-state index in [0.717, 1.165) is 6.07 Å². The number of piperazine rings is 1. The van der Waals surface area contributed by atoms with Crippen molar-refractivity contribution in [3.63, 3.8) is 0 Å². The third-order valence-electron chi connectivity index (χ3n) is 6.23. The molecule has 1 saturated carbocycles. The average molecular weight is 449 g/mol. The van der Waals surface area contributed by atoms with E-state index in [-0.39, 0.29) is 29.5 Å². The second-order valence-electron chi connectivity index (χ2n) is 8.38. The van der Waals surface area contributed by atoms with Gasteiger partial charge in [-0.2, -0.15) is 0 Å². The minimum absolute atomic E-state index is 0.0102. The monoisotopic (exact) mass is 449 g/mol. The first kappa shape index (κ1) is 22.2. The van der Waals surface area contributed by atoms with Crippen molar-refractivity contribution in [2.45, 2.75) is 44.1 Å². The number of aliphatic hydroxyl groups excluding tert-OH is 2. The summed E-state index contributed by atoms with van der Waals surface area (Å²) < 4.78 is 32.6. The number of ether oxygens (including phenoxy) is 1. The third kappa shape index (κ3) is 3.63. The number of likely N-dealkylation sites (N-methyl/N-ethyl adjacent to an activating group) is 1. The SMILES string of the molecule is CCOC1CC2(C1)CN(C)C(=O)C1=C(O)C(O)C(C(=O)NCc3ccc(F)cc3F)=CN12. The van der Waals surface area contributed by atoms with Crippen LogP contribution >= 0.6 is 0 Å². The smallest absolute Gasteiger partial charge is 0.273 e. The van der Waals surface area contributed by atoms with Crippen LogP contribution in [-0.2, 0) is 20.9 Å². The molecule has 2 heterocycles. The van der Waals surface area contributed by atoms with Gasteiger partial charge >= 0.3 is 0 Å². The van der Waals surface area contributed by atoms with Crippen LogP contribution in [0.3, 0.4) is 0 Å². The molecule has 10 heteroatoms. The van der Waals surface area contributed by atoms with Crippen LogP contribution in [0.1, 0.15) is 25.3 Å². The standard InChI is InChI=1S/C22H25F2N3O5/c1-3-32-14-7-22(8-14)11-26(2)21(31)17-19(29)18(28)15(10-27(17)22)20(30)25-9-12-4-5-13(23)6-16(12)24/h4-6,10,14,18,28-29H,3,7-9,11H2,1-2H3,(H,25,30). The molecule has 1 aromatic carbocycles. The molecule has 2 aliphatic heterocycles. The summed E-state index contributed by atoms with van der Waals surface area (Å²) in [6, 6.07) is 3.00. The second kappa shape index (κ2) is 8.18. The van der Waals surface area contributed by atoms with Crippen molar-refractivity contribution in [3.8, 4) is 0 Å². The van der Waals surface area contributed by atoms with Gasteiger partial charge < -0.3 is 30.1 Å². The van der Waals surface area contributed by atoms with Gasteiger partial charge in [0.25, 0.3) is 11.8 Å². The average Bonchev–Trinajstić information content (AvgIpc) is 2.71. The summed E-state index contributed by atoms with van der Waals surface area (Å²) in [4.78, 5) is 28.6. The van der Waals surface area contributed by atoms with E-state index in [4.69, 9.17) is 4.74 Å². The highest BCUT2D eigenvalue weighted by Crippen LogP contribution is 2.47. The zero-order valence-electron chi connectivity index (χ0n) is 17.8. The number of carbonyl (C=O) groups is 2. The molecule has 3 N–H and O–H groups in total. The number of halogens is 2. The normalized spacial score (nSPS) is 27.3. The van der Waals surface area contributed by atoms with Gasteiger partial charge in [-0.25, -0.2) is 8.78 Å². The molecule has 2 amide bonds. The first-order valence-electron chi connectivity index (χ1n) is 10.4. The lowest BCUT2D eigenvalue weighted by atomic mass is 9.70. The summed E-state index contributed by atoms with van der Waals surface area (Å²) in [7, 11) is 1.62. The number of benzene rings is 1. The zero-order chi connectivity index (χ0) is 23.2. The number of aliphatic hydroxyl groups is 2. The lowest BCUT2D eigenvalue weighted by Gasteiger charge is -2.58. The fraction of sp³-hybridized carbons (Fsp3) is 0.455. The summed E-state index contributed by atoms with van der Waals surface area (Å²) in [5.41, 5.74) is -0.746. The second-order valence-corrected chi connectivity index (χ2v) is 8.38. The van der Waals surface area contributed by atoms with Crippen LogP contribution in [0.2, 0.25) is 0 Å². The van der Waals surface area contributed by atoms with Crippen molar-refractivity contribution in [1.29, 1.82) is 0 Å². The first-order valence-corrected chi connectivity index (χ1v) is 10.4. The van der Waals surface area contributed by atoms with Gasteiger partial charge in [-0.3, -0.25) is 9.59 Å². The molecule has 0 radical (unpaired) electrons. The van der Waals surface area contributed by atoms with Gasteiger partial charge in [0.2, 0.25) is 0 Å². The lowest BCUT2D eigenvalue weighted by Crippen LogP contribution is -2.69. The highest BCUT2D eigenvalue weighted by Gasteiger charge is 2.56. The molecule has 1 saturated heterocycles. The lowest BCUT2D eigenvalue weighted by molar-refractivity contribution is -0.148. The Hall–Kier alpha value is -2.98. The third-order valence-corrected chi connectivity index (χ3v) is 6.23. The Morgan fingerprint density at radius 2 is 2.06 bits per heavy atom. The van der Waals surface area contributed by atoms with E-state index in [1.807, 2.05) is 6.92 Å². The molecule has 172 valence electrons. The van der Waals surface area contributed by atoms with Crippen LogP contribution in [0.15, 0.2) is 41.4 Å². The van der Waals surface area contributed by atoms with Crippen LogP contribution in [0.5, 0.6) is 0 Å². The van der Waals surface area contributed by atoms with Gasteiger partial charge in [-0.1, -0.05) is 6.07 Å². The highest BCUT2D eigenvalue weighted by atomic mass is 19.1. The van der Waals surface area contributed by atoms with Gasteiger partial charge in [-0.05, 0) is 25.8 Å². The quantitative estimate of drug-likeness (QED) is 0.627. The molecular formula is C22H25F2N3O5. The maximum Gasteiger partial charge on any atom is 0.273 e. The molecule has 1 unspecified atom stereocenters. The van der Waals surface area contributed by atoms with E-state index in [2.05, 4.69) is 5.32 Å². The summed E-state index contributed by atoms with van der Waals surface area (Å²) in [5, 5.41) is 23.7. The predicted octanol–water partition coefficient (Wildman–Crippen LogP) is 1.32. The summed E-state index contributed by atoms with van der Waals surface area (Å²) in [5.74, 6) is -3.36. The summed E-state index contributed by atoms with van der Waals surface area (Å²) >= 11 is 0. The molecule has 1 spiro atoms. The summed E-state index contributed by atoms with van der Waals surface area (Å²) in [6.45, 7) is 2.56. The van der Waals surface area contributed by atoms with E-state index in [1.165, 1.54) is 17.2 Å². The topological polar surface area (TPSA) is 102 Å². The van der Waals surface area contributed by atoms with E-state index in [0.29, 0.717) is 32.1 Å². The highest BCUT2D eigenvalue weighted by molar-refractivity contribution is 5.99. The van der Waals surface area contributed by atoms with Gasteiger partial charge in [-0.15, -0.1) is 0 Å². The predicted molar refractivity (Wildman–Crippen MR) is 109 cm³/mol. The van der Waals surface area contributed by atoms with Gasteiger partial charge in [0.05, 0.1) is 17.2 Å². The molecule has 3 aliphatic rings. The number of carbonyl (C=O) groups excluding carboxylic acids is 2. The fourth-order valence-corrected chi connectivity index (χ4v) is 4.62. The van der Waals surface area contributed by atoms with Crippen LogP contribution in [0.4, 0.5) is 8.78 Å². The van der Waals surface area contributed by atoms with Crippen molar-refractivity contribution in [2.24, 2.45) is 0 Å². The minimum atomic E-state index is -1.71. The van der Waals surface area contributed by atoms with Crippen LogP contribution in [0, 0.1) is 11.6 Å². The minimum Gasteiger partial charge on any atom is -0.507 e. The molecule has 1 aromatic rings. The Labute approximate surface area is 183 Å². The number of nitrogens with zero attached hydrogens (tertiary/aromatic N) is 2. The molecule has 0 bridgehead atoms. The molecule has 8 nitrogen and oxygen atoms in total. The van der Waals surface area contributed by atoms with Crippen molar-refractivity contribution in [3.05, 3.63) is 58.6 Å². The van der Waals surface area contributed by atoms with Crippen LogP contribution in [-0.4, -0.2) is 69.8 Å².